The van der Waals surface area contributed by atoms with Gasteiger partial charge in [0.05, 0.1) is 0 Å². The van der Waals surface area contributed by atoms with E-state index in [4.69, 9.17) is 16.3 Å². The third kappa shape index (κ3) is 2.98. The second-order valence-corrected chi connectivity index (χ2v) is 7.44. The summed E-state index contributed by atoms with van der Waals surface area (Å²) in [5.41, 5.74) is 1.36. The molecule has 1 aromatic rings. The van der Waals surface area contributed by atoms with Crippen molar-refractivity contribution in [1.29, 1.82) is 0 Å². The topological polar surface area (TPSA) is 9.23 Å². The largest absolute Gasteiger partial charge is 0.490 e. The summed E-state index contributed by atoms with van der Waals surface area (Å²) < 4.78 is 6.10. The lowest BCUT2D eigenvalue weighted by molar-refractivity contribution is 0.145. The summed E-state index contributed by atoms with van der Waals surface area (Å²) in [4.78, 5) is 0. The molecule has 0 radical (unpaired) electrons. The van der Waals surface area contributed by atoms with E-state index >= 15 is 0 Å². The predicted octanol–water partition coefficient (Wildman–Crippen LogP) is 5.06. The van der Waals surface area contributed by atoms with Crippen molar-refractivity contribution in [2.45, 2.75) is 57.4 Å². The zero-order valence-electron chi connectivity index (χ0n) is 12.5. The Balaban J connectivity index is 1.60. The van der Waals surface area contributed by atoms with Gasteiger partial charge >= 0.3 is 0 Å². The summed E-state index contributed by atoms with van der Waals surface area (Å²) in [7, 11) is 0. The van der Waals surface area contributed by atoms with Crippen LogP contribution < -0.4 is 4.74 Å². The van der Waals surface area contributed by atoms with Gasteiger partial charge in [-0.05, 0) is 55.1 Å². The standard InChI is InChI=1S/C18H25ClO/c1-12(2)13-7-8-17(19)15(9-13)11-16-10-14-5-3-4-6-18(14)20-16/h3-6,12-13,15-17H,7-11H2,1-2H3. The lowest BCUT2D eigenvalue weighted by Crippen LogP contribution is -2.31. The van der Waals surface area contributed by atoms with Gasteiger partial charge in [0, 0.05) is 11.8 Å². The van der Waals surface area contributed by atoms with E-state index in [0.29, 0.717) is 17.4 Å². The highest BCUT2D eigenvalue weighted by Crippen LogP contribution is 2.40. The fourth-order valence-corrected chi connectivity index (χ4v) is 4.17. The quantitative estimate of drug-likeness (QED) is 0.708. The van der Waals surface area contributed by atoms with Gasteiger partial charge in [-0.1, -0.05) is 32.0 Å². The van der Waals surface area contributed by atoms with Crippen molar-refractivity contribution in [2.24, 2.45) is 17.8 Å². The van der Waals surface area contributed by atoms with Crippen molar-refractivity contribution < 1.29 is 4.74 Å². The molecule has 1 heterocycles. The molecule has 2 aliphatic rings. The molecule has 3 rings (SSSR count). The van der Waals surface area contributed by atoms with Crippen molar-refractivity contribution in [1.82, 2.24) is 0 Å². The van der Waals surface area contributed by atoms with Gasteiger partial charge in [-0.3, -0.25) is 0 Å². The van der Waals surface area contributed by atoms with Crippen LogP contribution in [0.5, 0.6) is 5.75 Å². The average Bonchev–Trinajstić information content (AvgIpc) is 2.83. The van der Waals surface area contributed by atoms with Gasteiger partial charge in [0.25, 0.3) is 0 Å². The zero-order valence-corrected chi connectivity index (χ0v) is 13.3. The number of ether oxygens (including phenoxy) is 1. The number of hydrogen-bond donors (Lipinski definition) is 0. The minimum atomic E-state index is 0.338. The van der Waals surface area contributed by atoms with E-state index in [-0.39, 0.29) is 0 Å². The van der Waals surface area contributed by atoms with Crippen LogP contribution in [-0.2, 0) is 6.42 Å². The minimum Gasteiger partial charge on any atom is -0.490 e. The van der Waals surface area contributed by atoms with Crippen LogP contribution in [-0.4, -0.2) is 11.5 Å². The Morgan fingerprint density at radius 2 is 2.05 bits per heavy atom. The lowest BCUT2D eigenvalue weighted by atomic mass is 9.74. The first-order valence-corrected chi connectivity index (χ1v) is 8.45. The van der Waals surface area contributed by atoms with Crippen LogP contribution in [0.2, 0.25) is 0 Å². The van der Waals surface area contributed by atoms with E-state index in [0.717, 1.165) is 30.4 Å². The molecular formula is C18H25ClO. The second kappa shape index (κ2) is 5.97. The molecule has 0 N–H and O–H groups in total. The summed E-state index contributed by atoms with van der Waals surface area (Å²) in [5, 5.41) is 0.345. The first-order chi connectivity index (χ1) is 9.63. The Morgan fingerprint density at radius 1 is 1.25 bits per heavy atom. The Bertz CT molecular complexity index is 431. The second-order valence-electron chi connectivity index (χ2n) is 6.88. The van der Waals surface area contributed by atoms with Gasteiger partial charge in [0.15, 0.2) is 0 Å². The molecule has 1 fully saturated rings. The Kier molecular flexibility index (Phi) is 4.26. The third-order valence-electron chi connectivity index (χ3n) is 5.15. The molecule has 2 heteroatoms. The van der Waals surface area contributed by atoms with Crippen LogP contribution in [0.4, 0.5) is 0 Å². The fraction of sp³-hybridized carbons (Fsp3) is 0.667. The molecule has 4 unspecified atom stereocenters. The number of halogens is 1. The summed E-state index contributed by atoms with van der Waals surface area (Å²) in [6, 6.07) is 8.43. The van der Waals surface area contributed by atoms with Crippen molar-refractivity contribution in [2.75, 3.05) is 0 Å². The van der Waals surface area contributed by atoms with E-state index in [1.54, 1.807) is 0 Å². The summed E-state index contributed by atoms with van der Waals surface area (Å²) >= 11 is 6.59. The van der Waals surface area contributed by atoms with E-state index in [9.17, 15) is 0 Å². The molecule has 0 bridgehead atoms. The average molecular weight is 293 g/mol. The maximum Gasteiger partial charge on any atom is 0.123 e. The highest BCUT2D eigenvalue weighted by atomic mass is 35.5. The van der Waals surface area contributed by atoms with E-state index in [1.165, 1.54) is 24.8 Å². The maximum absolute atomic E-state index is 6.59. The Morgan fingerprint density at radius 3 is 2.80 bits per heavy atom. The van der Waals surface area contributed by atoms with Crippen LogP contribution in [0.25, 0.3) is 0 Å². The summed E-state index contributed by atoms with van der Waals surface area (Å²) in [6.07, 6.45) is 6.27. The molecule has 1 aromatic carbocycles. The highest BCUT2D eigenvalue weighted by molar-refractivity contribution is 6.20. The molecule has 0 spiro atoms. The summed E-state index contributed by atoms with van der Waals surface area (Å²) in [5.74, 6) is 3.33. The minimum absolute atomic E-state index is 0.338. The number of para-hydroxylation sites is 1. The zero-order chi connectivity index (χ0) is 14.1. The van der Waals surface area contributed by atoms with Gasteiger partial charge in [-0.15, -0.1) is 11.6 Å². The lowest BCUT2D eigenvalue weighted by Gasteiger charge is -2.36. The normalized spacial score (nSPS) is 33.0. The highest BCUT2D eigenvalue weighted by Gasteiger charge is 2.34. The van der Waals surface area contributed by atoms with E-state index < -0.39 is 0 Å². The van der Waals surface area contributed by atoms with E-state index in [2.05, 4.69) is 38.1 Å². The number of hydrogen-bond acceptors (Lipinski definition) is 1. The fourth-order valence-electron chi connectivity index (χ4n) is 3.84. The van der Waals surface area contributed by atoms with Crippen LogP contribution >= 0.6 is 11.6 Å². The predicted molar refractivity (Wildman–Crippen MR) is 84.5 cm³/mol. The number of benzene rings is 1. The molecule has 110 valence electrons. The third-order valence-corrected chi connectivity index (χ3v) is 5.73. The van der Waals surface area contributed by atoms with Crippen LogP contribution in [0.1, 0.15) is 45.1 Å². The SMILES string of the molecule is CC(C)C1CCC(Cl)C(CC2Cc3ccccc3O2)C1. The van der Waals surface area contributed by atoms with Gasteiger partial charge in [0.1, 0.15) is 11.9 Å². The first kappa shape index (κ1) is 14.3. The Labute approximate surface area is 127 Å². The van der Waals surface area contributed by atoms with Crippen molar-refractivity contribution in [3.05, 3.63) is 29.8 Å². The summed E-state index contributed by atoms with van der Waals surface area (Å²) in [6.45, 7) is 4.69. The molecule has 1 saturated carbocycles. The molecule has 20 heavy (non-hydrogen) atoms. The first-order valence-electron chi connectivity index (χ1n) is 8.02. The maximum atomic E-state index is 6.59. The smallest absolute Gasteiger partial charge is 0.123 e. The number of alkyl halides is 1. The Hall–Kier alpha value is -0.690. The van der Waals surface area contributed by atoms with E-state index in [1.807, 2.05) is 0 Å². The monoisotopic (exact) mass is 292 g/mol. The van der Waals surface area contributed by atoms with Gasteiger partial charge < -0.3 is 4.74 Å². The number of fused-ring (bicyclic) bond motifs is 1. The molecule has 0 aromatic heterocycles. The molecular weight excluding hydrogens is 268 g/mol. The molecule has 0 saturated heterocycles. The van der Waals surface area contributed by atoms with Crippen LogP contribution in [0.3, 0.4) is 0 Å². The molecule has 1 aliphatic carbocycles. The molecule has 1 aliphatic heterocycles. The molecule has 0 amide bonds. The van der Waals surface area contributed by atoms with Crippen molar-refractivity contribution in [3.8, 4) is 5.75 Å². The van der Waals surface area contributed by atoms with Gasteiger partial charge in [0.2, 0.25) is 0 Å². The number of rotatable bonds is 3. The van der Waals surface area contributed by atoms with Gasteiger partial charge in [-0.25, -0.2) is 0 Å². The van der Waals surface area contributed by atoms with Crippen LogP contribution in [0.15, 0.2) is 24.3 Å². The van der Waals surface area contributed by atoms with Crippen LogP contribution in [0, 0.1) is 17.8 Å². The molecule has 4 atom stereocenters. The van der Waals surface area contributed by atoms with Gasteiger partial charge in [-0.2, -0.15) is 0 Å². The van der Waals surface area contributed by atoms with Crippen molar-refractivity contribution in [3.63, 3.8) is 0 Å². The molecule has 1 nitrogen and oxygen atoms in total. The van der Waals surface area contributed by atoms with Crippen molar-refractivity contribution >= 4 is 11.6 Å².